The highest BCUT2D eigenvalue weighted by Gasteiger charge is 2.35. The third kappa shape index (κ3) is 5.94. The number of nitrogens with zero attached hydrogens (tertiary/aromatic N) is 1. The minimum atomic E-state index is 0.0997. The highest BCUT2D eigenvalue weighted by molar-refractivity contribution is 5.79. The predicted octanol–water partition coefficient (Wildman–Crippen LogP) is 1.41. The van der Waals surface area contributed by atoms with Gasteiger partial charge in [-0.1, -0.05) is 20.8 Å². The van der Waals surface area contributed by atoms with Gasteiger partial charge in [0.1, 0.15) is 0 Å². The summed E-state index contributed by atoms with van der Waals surface area (Å²) in [5.41, 5.74) is 0.164. The molecule has 0 amide bonds. The monoisotopic (exact) mass is 327 g/mol. The zero-order valence-electron chi connectivity index (χ0n) is 15.1. The van der Waals surface area contributed by atoms with Gasteiger partial charge in [-0.2, -0.15) is 0 Å². The lowest BCUT2D eigenvalue weighted by atomic mass is 9.78. The first-order valence-electron chi connectivity index (χ1n) is 8.76. The highest BCUT2D eigenvalue weighted by atomic mass is 16.6. The summed E-state index contributed by atoms with van der Waals surface area (Å²) in [4.78, 5) is 4.30. The Morgan fingerprint density at radius 1 is 1.09 bits per heavy atom. The Labute approximate surface area is 140 Å². The molecule has 2 N–H and O–H groups in total. The number of ether oxygens (including phenoxy) is 3. The van der Waals surface area contributed by atoms with Crippen molar-refractivity contribution >= 4 is 5.96 Å². The second-order valence-electron chi connectivity index (χ2n) is 7.46. The summed E-state index contributed by atoms with van der Waals surface area (Å²) in [6, 6.07) is 0. The molecule has 2 aliphatic rings. The number of aliphatic imine (C=N–C) groups is 1. The maximum Gasteiger partial charge on any atom is 0.191 e. The molecule has 23 heavy (non-hydrogen) atoms. The van der Waals surface area contributed by atoms with Crippen LogP contribution in [0.1, 0.15) is 33.6 Å². The molecule has 3 atom stereocenters. The summed E-state index contributed by atoms with van der Waals surface area (Å²) in [7, 11) is 1.80. The van der Waals surface area contributed by atoms with E-state index in [1.54, 1.807) is 7.05 Å². The van der Waals surface area contributed by atoms with Crippen molar-refractivity contribution in [2.75, 3.05) is 46.6 Å². The van der Waals surface area contributed by atoms with Gasteiger partial charge in [0.25, 0.3) is 0 Å². The van der Waals surface area contributed by atoms with Crippen molar-refractivity contribution in [2.24, 2.45) is 16.3 Å². The van der Waals surface area contributed by atoms with Gasteiger partial charge in [-0.25, -0.2) is 0 Å². The summed E-state index contributed by atoms with van der Waals surface area (Å²) in [5, 5.41) is 6.77. The Morgan fingerprint density at radius 2 is 1.87 bits per heavy atom. The molecule has 3 unspecified atom stereocenters. The van der Waals surface area contributed by atoms with Gasteiger partial charge >= 0.3 is 0 Å². The molecule has 0 saturated carbocycles. The second-order valence-corrected chi connectivity index (χ2v) is 7.46. The molecule has 6 nitrogen and oxygen atoms in total. The van der Waals surface area contributed by atoms with Gasteiger partial charge in [0.2, 0.25) is 0 Å². The highest BCUT2D eigenvalue weighted by Crippen LogP contribution is 2.33. The van der Waals surface area contributed by atoms with Gasteiger partial charge in [0.05, 0.1) is 32.0 Å². The van der Waals surface area contributed by atoms with Crippen LogP contribution in [0.4, 0.5) is 0 Å². The van der Waals surface area contributed by atoms with Crippen LogP contribution in [0, 0.1) is 11.3 Å². The lowest BCUT2D eigenvalue weighted by Crippen LogP contribution is -2.49. The molecule has 2 heterocycles. The van der Waals surface area contributed by atoms with Crippen LogP contribution in [0.5, 0.6) is 0 Å². The molecule has 6 heteroatoms. The Hall–Kier alpha value is -0.850. The van der Waals surface area contributed by atoms with Crippen LogP contribution in [0.25, 0.3) is 0 Å². The topological polar surface area (TPSA) is 64.1 Å². The van der Waals surface area contributed by atoms with E-state index in [0.29, 0.717) is 32.3 Å². The summed E-state index contributed by atoms with van der Waals surface area (Å²) >= 11 is 0. The van der Waals surface area contributed by atoms with Crippen molar-refractivity contribution in [1.82, 2.24) is 10.6 Å². The van der Waals surface area contributed by atoms with Crippen molar-refractivity contribution in [3.63, 3.8) is 0 Å². The van der Waals surface area contributed by atoms with Crippen molar-refractivity contribution in [3.8, 4) is 0 Å². The van der Waals surface area contributed by atoms with Crippen molar-refractivity contribution in [1.29, 1.82) is 0 Å². The van der Waals surface area contributed by atoms with E-state index >= 15 is 0 Å². The summed E-state index contributed by atoms with van der Waals surface area (Å²) < 4.78 is 17.1. The zero-order chi connectivity index (χ0) is 16.7. The first-order chi connectivity index (χ1) is 11.0. The van der Waals surface area contributed by atoms with Gasteiger partial charge in [-0.05, 0) is 18.3 Å². The van der Waals surface area contributed by atoms with Gasteiger partial charge in [-0.15, -0.1) is 0 Å². The molecule has 2 aliphatic heterocycles. The number of hydrogen-bond acceptors (Lipinski definition) is 4. The molecular weight excluding hydrogens is 294 g/mol. The first-order valence-corrected chi connectivity index (χ1v) is 8.76. The number of hydrogen-bond donors (Lipinski definition) is 2. The Bertz CT molecular complexity index is 376. The molecule has 0 bridgehead atoms. The number of rotatable bonds is 4. The molecule has 0 aromatic heterocycles. The molecular formula is C17H33N3O3. The van der Waals surface area contributed by atoms with Crippen LogP contribution in [-0.4, -0.2) is 64.7 Å². The Morgan fingerprint density at radius 3 is 2.52 bits per heavy atom. The van der Waals surface area contributed by atoms with Crippen LogP contribution in [-0.2, 0) is 14.2 Å². The molecule has 0 aromatic rings. The average molecular weight is 327 g/mol. The number of nitrogens with one attached hydrogen (secondary N) is 2. The van der Waals surface area contributed by atoms with Crippen LogP contribution >= 0.6 is 0 Å². The maximum atomic E-state index is 6.04. The van der Waals surface area contributed by atoms with Crippen molar-refractivity contribution in [3.05, 3.63) is 0 Å². The van der Waals surface area contributed by atoms with Gasteiger partial charge in [0.15, 0.2) is 5.96 Å². The van der Waals surface area contributed by atoms with Crippen molar-refractivity contribution in [2.45, 2.75) is 45.8 Å². The fraction of sp³-hybridized carbons (Fsp3) is 0.941. The lowest BCUT2D eigenvalue weighted by molar-refractivity contribution is -0.0855. The molecule has 0 aromatic carbocycles. The van der Waals surface area contributed by atoms with Crippen LogP contribution in [0.2, 0.25) is 0 Å². The van der Waals surface area contributed by atoms with E-state index in [0.717, 1.165) is 25.5 Å². The van der Waals surface area contributed by atoms with E-state index in [-0.39, 0.29) is 17.6 Å². The van der Waals surface area contributed by atoms with Gasteiger partial charge in [0, 0.05) is 32.7 Å². The molecule has 0 radical (unpaired) electrons. The largest absolute Gasteiger partial charge is 0.377 e. The minimum absolute atomic E-state index is 0.0997. The Balaban J connectivity index is 1.77. The predicted molar refractivity (Wildman–Crippen MR) is 91.8 cm³/mol. The third-order valence-corrected chi connectivity index (χ3v) is 4.44. The summed E-state index contributed by atoms with van der Waals surface area (Å²) in [6.45, 7) is 11.2. The standard InChI is InChI=1S/C17H33N3O3/c1-17(2,3)15-13(6-5-7-23-15)10-19-16(18-4)20-11-14-12-21-8-9-22-14/h13-15H,5-12H2,1-4H3,(H2,18,19,20). The molecule has 0 spiro atoms. The third-order valence-electron chi connectivity index (χ3n) is 4.44. The number of guanidine groups is 1. The fourth-order valence-corrected chi connectivity index (χ4v) is 3.32. The Kier molecular flexibility index (Phi) is 7.11. The van der Waals surface area contributed by atoms with E-state index < -0.39 is 0 Å². The SMILES string of the molecule is CN=C(NCC1COCCO1)NCC1CCCOC1C(C)(C)C. The fourth-order valence-electron chi connectivity index (χ4n) is 3.32. The zero-order valence-corrected chi connectivity index (χ0v) is 15.1. The average Bonchev–Trinajstić information content (AvgIpc) is 2.55. The molecule has 0 aliphatic carbocycles. The van der Waals surface area contributed by atoms with E-state index in [2.05, 4.69) is 36.4 Å². The smallest absolute Gasteiger partial charge is 0.191 e. The normalized spacial score (nSPS) is 30.1. The van der Waals surface area contributed by atoms with Crippen LogP contribution < -0.4 is 10.6 Å². The maximum absolute atomic E-state index is 6.04. The summed E-state index contributed by atoms with van der Waals surface area (Å²) in [6.07, 6.45) is 2.73. The molecule has 2 saturated heterocycles. The van der Waals surface area contributed by atoms with Crippen LogP contribution in [0.3, 0.4) is 0 Å². The van der Waals surface area contributed by atoms with E-state index in [4.69, 9.17) is 14.2 Å². The quantitative estimate of drug-likeness (QED) is 0.604. The van der Waals surface area contributed by atoms with E-state index in [1.807, 2.05) is 0 Å². The molecule has 2 rings (SSSR count). The first kappa shape index (κ1) is 18.5. The van der Waals surface area contributed by atoms with Crippen molar-refractivity contribution < 1.29 is 14.2 Å². The second kappa shape index (κ2) is 8.85. The van der Waals surface area contributed by atoms with E-state index in [1.165, 1.54) is 6.42 Å². The van der Waals surface area contributed by atoms with Gasteiger partial charge in [-0.3, -0.25) is 4.99 Å². The molecule has 134 valence electrons. The minimum Gasteiger partial charge on any atom is -0.377 e. The van der Waals surface area contributed by atoms with Crippen LogP contribution in [0.15, 0.2) is 4.99 Å². The van der Waals surface area contributed by atoms with E-state index in [9.17, 15) is 0 Å². The lowest BCUT2D eigenvalue weighted by Gasteiger charge is -2.40. The van der Waals surface area contributed by atoms with Gasteiger partial charge < -0.3 is 24.8 Å². The summed E-state index contributed by atoms with van der Waals surface area (Å²) in [5.74, 6) is 1.33. The molecule has 2 fully saturated rings.